The number of aromatic nitrogens is 2. The van der Waals surface area contributed by atoms with Crippen LogP contribution in [0.5, 0.6) is 0 Å². The summed E-state index contributed by atoms with van der Waals surface area (Å²) >= 11 is 0. The number of carbonyl (C=O) groups is 2. The highest BCUT2D eigenvalue weighted by molar-refractivity contribution is 7.89. The molecular formula is C29H35FN6O5S. The molecule has 0 bridgehead atoms. The summed E-state index contributed by atoms with van der Waals surface area (Å²) in [4.78, 5) is 41.0. The van der Waals surface area contributed by atoms with Crippen molar-refractivity contribution in [2.75, 3.05) is 29.9 Å². The van der Waals surface area contributed by atoms with Crippen molar-refractivity contribution in [3.63, 3.8) is 0 Å². The third-order valence-corrected chi connectivity index (χ3v) is 8.44. The van der Waals surface area contributed by atoms with Gasteiger partial charge in [-0.25, -0.2) is 22.8 Å². The zero-order valence-electron chi connectivity index (χ0n) is 23.8. The average molecular weight is 599 g/mol. The molecule has 1 fully saturated rings. The van der Waals surface area contributed by atoms with Gasteiger partial charge < -0.3 is 20.4 Å². The predicted octanol–water partition coefficient (Wildman–Crippen LogP) is 3.76. The van der Waals surface area contributed by atoms with Crippen molar-refractivity contribution in [3.05, 3.63) is 78.4 Å². The minimum atomic E-state index is -4.13. The third-order valence-electron chi connectivity index (χ3n) is 6.51. The van der Waals surface area contributed by atoms with E-state index in [2.05, 4.69) is 20.6 Å². The van der Waals surface area contributed by atoms with Crippen molar-refractivity contribution >= 4 is 33.5 Å². The van der Waals surface area contributed by atoms with Crippen LogP contribution < -0.4 is 15.5 Å². The maximum atomic E-state index is 14.5. The molecule has 0 aliphatic carbocycles. The highest BCUT2D eigenvalue weighted by atomic mass is 32.2. The van der Waals surface area contributed by atoms with Crippen LogP contribution in [0, 0.1) is 5.82 Å². The Hall–Kier alpha value is -4.10. The molecule has 2 N–H and O–H groups in total. The Balaban J connectivity index is 1.31. The van der Waals surface area contributed by atoms with E-state index in [4.69, 9.17) is 4.84 Å². The number of anilines is 2. The number of hydroxylamine groups is 1. The molecule has 11 nitrogen and oxygen atoms in total. The maximum absolute atomic E-state index is 14.5. The second kappa shape index (κ2) is 13.3. The summed E-state index contributed by atoms with van der Waals surface area (Å²) in [5.41, 5.74) is -0.369. The molecule has 3 aromatic rings. The number of hydrogen-bond donors (Lipinski definition) is 2. The maximum Gasteiger partial charge on any atom is 0.328 e. The summed E-state index contributed by atoms with van der Waals surface area (Å²) in [6.07, 6.45) is 4.61. The molecule has 0 radical (unpaired) electrons. The van der Waals surface area contributed by atoms with Gasteiger partial charge in [0, 0.05) is 49.3 Å². The van der Waals surface area contributed by atoms with Gasteiger partial charge in [-0.2, -0.15) is 0 Å². The first-order chi connectivity index (χ1) is 19.9. The normalized spacial score (nSPS) is 14.5. The van der Waals surface area contributed by atoms with Crippen molar-refractivity contribution in [1.29, 1.82) is 0 Å². The van der Waals surface area contributed by atoms with Gasteiger partial charge >= 0.3 is 5.97 Å². The van der Waals surface area contributed by atoms with Crippen LogP contribution in [0.3, 0.4) is 0 Å². The molecule has 1 aliphatic rings. The Morgan fingerprint density at radius 3 is 2.36 bits per heavy atom. The van der Waals surface area contributed by atoms with Gasteiger partial charge in [-0.05, 0) is 74.5 Å². The number of carbonyl (C=O) groups excluding carboxylic acids is 2. The monoisotopic (exact) mass is 598 g/mol. The van der Waals surface area contributed by atoms with Crippen molar-refractivity contribution < 1.29 is 27.2 Å². The van der Waals surface area contributed by atoms with Crippen molar-refractivity contribution in [2.24, 2.45) is 0 Å². The van der Waals surface area contributed by atoms with Crippen molar-refractivity contribution in [2.45, 2.75) is 56.5 Å². The summed E-state index contributed by atoms with van der Waals surface area (Å²) in [5.74, 6) is -1.40. The van der Waals surface area contributed by atoms with Crippen LogP contribution in [0.15, 0.2) is 71.9 Å². The lowest BCUT2D eigenvalue weighted by atomic mass is 10.0. The Morgan fingerprint density at radius 1 is 1.05 bits per heavy atom. The lowest BCUT2D eigenvalue weighted by Crippen LogP contribution is -2.46. The number of benzene rings is 2. The Labute approximate surface area is 245 Å². The van der Waals surface area contributed by atoms with Gasteiger partial charge in [-0.3, -0.25) is 9.59 Å². The molecule has 2 heterocycles. The molecule has 224 valence electrons. The van der Waals surface area contributed by atoms with E-state index in [1.807, 2.05) is 4.90 Å². The highest BCUT2D eigenvalue weighted by Crippen LogP contribution is 2.26. The Morgan fingerprint density at radius 2 is 1.71 bits per heavy atom. The second-order valence-electron chi connectivity index (χ2n) is 10.9. The first kappa shape index (κ1) is 30.8. The van der Waals surface area contributed by atoms with Crippen LogP contribution in [0.2, 0.25) is 0 Å². The molecule has 1 aromatic heterocycles. The third kappa shape index (κ3) is 8.01. The number of halogens is 1. The molecule has 0 saturated carbocycles. The molecule has 2 aromatic carbocycles. The van der Waals surface area contributed by atoms with Gasteiger partial charge in [0.2, 0.25) is 5.95 Å². The van der Waals surface area contributed by atoms with E-state index >= 15 is 0 Å². The number of amides is 1. The molecule has 13 heteroatoms. The smallest absolute Gasteiger partial charge is 0.328 e. The fraction of sp³-hybridized carbons (Fsp3) is 0.379. The Bertz CT molecular complexity index is 1480. The summed E-state index contributed by atoms with van der Waals surface area (Å²) < 4.78 is 41.4. The van der Waals surface area contributed by atoms with E-state index in [0.717, 1.165) is 18.9 Å². The minimum absolute atomic E-state index is 0.0198. The standard InChI is InChI=1S/C29H35FN6O5S/c1-29(2,3)36(42(39,40)25-8-5-4-6-9-25)41-26(37)10-15-31-27(38)21-18-22(30)20-24(19-21)35-16-11-23(12-17-35)34-28-32-13-7-14-33-28/h4-9,13-14,18-20,23H,10-12,15-17H2,1-3H3,(H,31,38)(H,32,33,34). The van der Waals surface area contributed by atoms with E-state index in [-0.39, 0.29) is 29.5 Å². The van der Waals surface area contributed by atoms with Crippen molar-refractivity contribution in [1.82, 2.24) is 19.8 Å². The molecule has 0 unspecified atom stereocenters. The number of rotatable bonds is 10. The zero-order valence-corrected chi connectivity index (χ0v) is 24.6. The minimum Gasteiger partial charge on any atom is -0.371 e. The number of nitrogens with one attached hydrogen (secondary N) is 2. The van der Waals surface area contributed by atoms with Gasteiger partial charge in [0.1, 0.15) is 5.82 Å². The number of nitrogens with zero attached hydrogens (tertiary/aromatic N) is 4. The highest BCUT2D eigenvalue weighted by Gasteiger charge is 2.38. The molecule has 1 amide bonds. The lowest BCUT2D eigenvalue weighted by Gasteiger charge is -2.34. The molecule has 0 atom stereocenters. The fourth-order valence-electron chi connectivity index (χ4n) is 4.48. The summed E-state index contributed by atoms with van der Waals surface area (Å²) in [5, 5.41) is 5.89. The molecule has 4 rings (SSSR count). The second-order valence-corrected chi connectivity index (χ2v) is 12.6. The van der Waals surface area contributed by atoms with Crippen LogP contribution in [0.25, 0.3) is 0 Å². The predicted molar refractivity (Wildman–Crippen MR) is 156 cm³/mol. The van der Waals surface area contributed by atoms with Gasteiger partial charge in [-0.1, -0.05) is 18.2 Å². The van der Waals surface area contributed by atoms with Crippen LogP contribution in [0.1, 0.15) is 50.4 Å². The van der Waals surface area contributed by atoms with Crippen LogP contribution in [-0.2, 0) is 19.7 Å². The van der Waals surface area contributed by atoms with E-state index < -0.39 is 33.3 Å². The summed E-state index contributed by atoms with van der Waals surface area (Å²) in [6.45, 7) is 5.96. The van der Waals surface area contributed by atoms with E-state index in [9.17, 15) is 22.4 Å². The molecule has 0 spiro atoms. The van der Waals surface area contributed by atoms with Gasteiger partial charge in [0.15, 0.2) is 0 Å². The van der Waals surface area contributed by atoms with Gasteiger partial charge in [-0.15, -0.1) is 0 Å². The number of sulfonamides is 1. The van der Waals surface area contributed by atoms with Crippen LogP contribution in [0.4, 0.5) is 16.0 Å². The largest absolute Gasteiger partial charge is 0.371 e. The number of hydrogen-bond acceptors (Lipinski definition) is 9. The Kier molecular flexibility index (Phi) is 9.74. The average Bonchev–Trinajstić information content (AvgIpc) is 2.96. The van der Waals surface area contributed by atoms with E-state index in [0.29, 0.717) is 29.2 Å². The summed E-state index contributed by atoms with van der Waals surface area (Å²) in [7, 11) is -4.13. The van der Waals surface area contributed by atoms with E-state index in [1.54, 1.807) is 63.5 Å². The topological polar surface area (TPSA) is 134 Å². The molecular weight excluding hydrogens is 563 g/mol. The van der Waals surface area contributed by atoms with Crippen LogP contribution in [-0.4, -0.2) is 65.9 Å². The molecule has 42 heavy (non-hydrogen) atoms. The first-order valence-electron chi connectivity index (χ1n) is 13.6. The lowest BCUT2D eigenvalue weighted by molar-refractivity contribution is -0.182. The van der Waals surface area contributed by atoms with Crippen molar-refractivity contribution in [3.8, 4) is 0 Å². The fourth-order valence-corrected chi connectivity index (χ4v) is 6.07. The quantitative estimate of drug-likeness (QED) is 0.335. The number of piperidine rings is 1. The summed E-state index contributed by atoms with van der Waals surface area (Å²) in [6, 6.07) is 13.7. The zero-order chi connectivity index (χ0) is 30.3. The van der Waals surface area contributed by atoms with Crippen LogP contribution >= 0.6 is 0 Å². The van der Waals surface area contributed by atoms with E-state index in [1.165, 1.54) is 18.2 Å². The first-order valence-corrected chi connectivity index (χ1v) is 15.1. The molecule has 1 aliphatic heterocycles. The van der Waals surface area contributed by atoms with Gasteiger partial charge in [0.05, 0.1) is 16.9 Å². The van der Waals surface area contributed by atoms with Gasteiger partial charge in [0.25, 0.3) is 15.9 Å². The SMILES string of the molecule is CC(C)(C)N(OC(=O)CCNC(=O)c1cc(F)cc(N2CCC(Nc3ncccn3)CC2)c1)S(=O)(=O)c1ccccc1. The molecule has 1 saturated heterocycles.